The first-order valence-corrected chi connectivity index (χ1v) is 8.87. The van der Waals surface area contributed by atoms with E-state index >= 15 is 0 Å². The van der Waals surface area contributed by atoms with Crippen molar-refractivity contribution in [1.29, 1.82) is 0 Å². The van der Waals surface area contributed by atoms with Crippen LogP contribution in [0.4, 0.5) is 0 Å². The molecule has 0 aliphatic carbocycles. The maximum Gasteiger partial charge on any atom is 0.220 e. The van der Waals surface area contributed by atoms with Gasteiger partial charge in [0, 0.05) is 12.5 Å². The number of aromatic hydroxyl groups is 1. The van der Waals surface area contributed by atoms with Crippen molar-refractivity contribution in [3.63, 3.8) is 0 Å². The van der Waals surface area contributed by atoms with E-state index in [-0.39, 0.29) is 34.9 Å². The Balaban J connectivity index is 1.87. The molecule has 1 aliphatic heterocycles. The van der Waals surface area contributed by atoms with Crippen molar-refractivity contribution < 1.29 is 18.3 Å². The third kappa shape index (κ3) is 3.89. The van der Waals surface area contributed by atoms with Gasteiger partial charge >= 0.3 is 0 Å². The number of rotatable bonds is 4. The molecule has 7 heteroatoms. The molecule has 0 radical (unpaired) electrons. The summed E-state index contributed by atoms with van der Waals surface area (Å²) in [6, 6.07) is 4.51. The molecule has 2 N–H and O–H groups in total. The minimum absolute atomic E-state index is 0.00913. The van der Waals surface area contributed by atoms with Gasteiger partial charge in [-0.1, -0.05) is 17.7 Å². The number of carbonyl (C=O) groups excluding carboxylic acids is 1. The molecule has 0 spiro atoms. The van der Waals surface area contributed by atoms with Crippen molar-refractivity contribution in [2.24, 2.45) is 0 Å². The SMILES string of the molecule is C[C@H]1[C@@H](NC(=O)CCc2ccc(O)c(Cl)c2)CCS1(=O)=O. The van der Waals surface area contributed by atoms with Crippen LogP contribution in [0.2, 0.25) is 5.02 Å². The van der Waals surface area contributed by atoms with Crippen LogP contribution in [0.1, 0.15) is 25.3 Å². The number of phenols is 1. The first-order chi connectivity index (χ1) is 9.79. The zero-order chi connectivity index (χ0) is 15.6. The second-order valence-electron chi connectivity index (χ2n) is 5.32. The molecule has 1 amide bonds. The fourth-order valence-electron chi connectivity index (χ4n) is 2.39. The second kappa shape index (κ2) is 6.23. The molecule has 2 rings (SSSR count). The molecule has 1 aliphatic rings. The normalized spacial score (nSPS) is 23.9. The van der Waals surface area contributed by atoms with Gasteiger partial charge in [-0.05, 0) is 37.5 Å². The fraction of sp³-hybridized carbons (Fsp3) is 0.500. The Labute approximate surface area is 129 Å². The molecule has 0 aromatic heterocycles. The van der Waals surface area contributed by atoms with Crippen molar-refractivity contribution in [2.75, 3.05) is 5.75 Å². The molecule has 116 valence electrons. The molecule has 1 fully saturated rings. The van der Waals surface area contributed by atoms with E-state index in [1.54, 1.807) is 19.1 Å². The van der Waals surface area contributed by atoms with Gasteiger partial charge in [-0.25, -0.2) is 8.42 Å². The summed E-state index contributed by atoms with van der Waals surface area (Å²) in [4.78, 5) is 11.9. The van der Waals surface area contributed by atoms with Gasteiger partial charge in [-0.15, -0.1) is 0 Å². The van der Waals surface area contributed by atoms with Crippen molar-refractivity contribution in [3.8, 4) is 5.75 Å². The molecular formula is C14H18ClNO4S. The number of nitrogens with one attached hydrogen (secondary N) is 1. The minimum Gasteiger partial charge on any atom is -0.506 e. The van der Waals surface area contributed by atoms with E-state index in [2.05, 4.69) is 5.32 Å². The standard InChI is InChI=1S/C14H18ClNO4S/c1-9-12(6-7-21(9,19)20)16-14(18)5-3-10-2-4-13(17)11(15)8-10/h2,4,8-9,12,17H,3,5-7H2,1H3,(H,16,18)/t9-,12-/m0/s1. The number of phenolic OH excluding ortho intramolecular Hbond substituents is 1. The smallest absolute Gasteiger partial charge is 0.220 e. The first kappa shape index (κ1) is 16.1. The summed E-state index contributed by atoms with van der Waals surface area (Å²) in [5.41, 5.74) is 0.847. The molecule has 1 saturated heterocycles. The molecule has 1 heterocycles. The maximum atomic E-state index is 11.9. The van der Waals surface area contributed by atoms with Gasteiger partial charge in [0.25, 0.3) is 0 Å². The lowest BCUT2D eigenvalue weighted by atomic mass is 10.1. The van der Waals surface area contributed by atoms with Gasteiger partial charge in [0.1, 0.15) is 5.75 Å². The monoisotopic (exact) mass is 331 g/mol. The lowest BCUT2D eigenvalue weighted by Crippen LogP contribution is -2.40. The molecule has 2 atom stereocenters. The highest BCUT2D eigenvalue weighted by Crippen LogP contribution is 2.24. The molecule has 0 unspecified atom stereocenters. The minimum atomic E-state index is -3.06. The number of benzene rings is 1. The molecule has 1 aromatic rings. The highest BCUT2D eigenvalue weighted by molar-refractivity contribution is 7.92. The van der Waals surface area contributed by atoms with Crippen molar-refractivity contribution in [3.05, 3.63) is 28.8 Å². The zero-order valence-electron chi connectivity index (χ0n) is 11.7. The number of halogens is 1. The van der Waals surface area contributed by atoms with E-state index in [4.69, 9.17) is 11.6 Å². The van der Waals surface area contributed by atoms with Crippen LogP contribution >= 0.6 is 11.6 Å². The van der Waals surface area contributed by atoms with Crippen LogP contribution in [0.25, 0.3) is 0 Å². The van der Waals surface area contributed by atoms with Crippen molar-refractivity contribution in [1.82, 2.24) is 5.32 Å². The van der Waals surface area contributed by atoms with Gasteiger partial charge < -0.3 is 10.4 Å². The highest BCUT2D eigenvalue weighted by Gasteiger charge is 2.37. The number of aryl methyl sites for hydroxylation is 1. The highest BCUT2D eigenvalue weighted by atomic mass is 35.5. The third-order valence-electron chi connectivity index (χ3n) is 3.85. The van der Waals surface area contributed by atoms with Gasteiger partial charge in [0.2, 0.25) is 5.91 Å². The van der Waals surface area contributed by atoms with E-state index < -0.39 is 15.1 Å². The summed E-state index contributed by atoms with van der Waals surface area (Å²) < 4.78 is 23.2. The topological polar surface area (TPSA) is 83.5 Å². The van der Waals surface area contributed by atoms with Gasteiger partial charge in [0.05, 0.1) is 16.0 Å². The van der Waals surface area contributed by atoms with Crippen LogP contribution in [0.3, 0.4) is 0 Å². The Kier molecular flexibility index (Phi) is 4.78. The first-order valence-electron chi connectivity index (χ1n) is 6.78. The van der Waals surface area contributed by atoms with Gasteiger partial charge in [-0.3, -0.25) is 4.79 Å². The van der Waals surface area contributed by atoms with Crippen LogP contribution in [0.5, 0.6) is 5.75 Å². The largest absolute Gasteiger partial charge is 0.506 e. The number of sulfone groups is 1. The summed E-state index contributed by atoms with van der Waals surface area (Å²) in [6.07, 6.45) is 1.21. The molecule has 21 heavy (non-hydrogen) atoms. The Morgan fingerprint density at radius 1 is 1.48 bits per heavy atom. The molecule has 0 saturated carbocycles. The Hall–Kier alpha value is -1.27. The van der Waals surface area contributed by atoms with Gasteiger partial charge in [0.15, 0.2) is 9.84 Å². The summed E-state index contributed by atoms with van der Waals surface area (Å²) in [7, 11) is -3.06. The van der Waals surface area contributed by atoms with E-state index in [1.165, 1.54) is 6.07 Å². The molecule has 5 nitrogen and oxygen atoms in total. The van der Waals surface area contributed by atoms with E-state index in [9.17, 15) is 18.3 Å². The van der Waals surface area contributed by atoms with Crippen LogP contribution in [-0.2, 0) is 21.1 Å². The maximum absolute atomic E-state index is 11.9. The predicted octanol–water partition coefficient (Wildman–Crippen LogP) is 1.67. The summed E-state index contributed by atoms with van der Waals surface area (Å²) in [6.45, 7) is 1.63. The van der Waals surface area contributed by atoms with Crippen molar-refractivity contribution in [2.45, 2.75) is 37.5 Å². The second-order valence-corrected chi connectivity index (χ2v) is 8.21. The Bertz CT molecular complexity index is 644. The lowest BCUT2D eigenvalue weighted by Gasteiger charge is -2.16. The van der Waals surface area contributed by atoms with Crippen LogP contribution in [0, 0.1) is 0 Å². The van der Waals surface area contributed by atoms with E-state index in [1.807, 2.05) is 0 Å². The number of hydrogen-bond donors (Lipinski definition) is 2. The summed E-state index contributed by atoms with van der Waals surface area (Å²) in [5, 5.41) is 11.8. The number of amides is 1. The zero-order valence-corrected chi connectivity index (χ0v) is 13.2. The quantitative estimate of drug-likeness (QED) is 0.879. The number of carbonyl (C=O) groups is 1. The molecule has 1 aromatic carbocycles. The van der Waals surface area contributed by atoms with Crippen LogP contribution < -0.4 is 5.32 Å². The average molecular weight is 332 g/mol. The fourth-order valence-corrected chi connectivity index (χ4v) is 4.26. The van der Waals surface area contributed by atoms with E-state index in [0.29, 0.717) is 12.8 Å². The summed E-state index contributed by atoms with van der Waals surface area (Å²) >= 11 is 5.80. The van der Waals surface area contributed by atoms with Crippen LogP contribution in [-0.4, -0.2) is 36.5 Å². The van der Waals surface area contributed by atoms with Crippen molar-refractivity contribution >= 4 is 27.3 Å². The van der Waals surface area contributed by atoms with Crippen LogP contribution in [0.15, 0.2) is 18.2 Å². The lowest BCUT2D eigenvalue weighted by molar-refractivity contribution is -0.121. The van der Waals surface area contributed by atoms with Gasteiger partial charge in [-0.2, -0.15) is 0 Å². The van der Waals surface area contributed by atoms with E-state index in [0.717, 1.165) is 5.56 Å². The average Bonchev–Trinajstić information content (AvgIpc) is 2.67. The third-order valence-corrected chi connectivity index (χ3v) is 6.41. The molecule has 0 bridgehead atoms. The Morgan fingerprint density at radius 3 is 2.76 bits per heavy atom. The molecular weight excluding hydrogens is 314 g/mol. The predicted molar refractivity (Wildman–Crippen MR) is 81.2 cm³/mol. The Morgan fingerprint density at radius 2 is 2.19 bits per heavy atom. The number of hydrogen-bond acceptors (Lipinski definition) is 4. The summed E-state index contributed by atoms with van der Waals surface area (Å²) in [5.74, 6) is -0.0323.